The SMILES string of the molecule is c1ccc2nc(-c3cc4ccccn4c3)cnc2c1. The number of fused-ring (bicyclic) bond motifs is 2. The van der Waals surface area contributed by atoms with E-state index in [4.69, 9.17) is 0 Å². The summed E-state index contributed by atoms with van der Waals surface area (Å²) in [5.41, 5.74) is 5.00. The smallest absolute Gasteiger partial charge is 0.0908 e. The Bertz CT molecular complexity index is 844. The highest BCUT2D eigenvalue weighted by molar-refractivity contribution is 5.77. The Kier molecular flexibility index (Phi) is 2.12. The molecule has 0 atom stereocenters. The number of pyridine rings is 1. The largest absolute Gasteiger partial charge is 0.323 e. The van der Waals surface area contributed by atoms with Gasteiger partial charge >= 0.3 is 0 Å². The third-order valence-electron chi connectivity index (χ3n) is 3.25. The molecule has 0 saturated carbocycles. The van der Waals surface area contributed by atoms with Crippen molar-refractivity contribution in [2.24, 2.45) is 0 Å². The summed E-state index contributed by atoms with van der Waals surface area (Å²) in [5, 5.41) is 0. The maximum Gasteiger partial charge on any atom is 0.0908 e. The number of benzene rings is 1. The predicted molar refractivity (Wildman–Crippen MR) is 75.9 cm³/mol. The third kappa shape index (κ3) is 1.67. The summed E-state index contributed by atoms with van der Waals surface area (Å²) in [4.78, 5) is 9.12. The minimum atomic E-state index is 0.905. The third-order valence-corrected chi connectivity index (χ3v) is 3.25. The van der Waals surface area contributed by atoms with E-state index in [-0.39, 0.29) is 0 Å². The van der Waals surface area contributed by atoms with Crippen LogP contribution in [0.2, 0.25) is 0 Å². The Morgan fingerprint density at radius 1 is 0.895 bits per heavy atom. The number of rotatable bonds is 1. The first kappa shape index (κ1) is 10.3. The van der Waals surface area contributed by atoms with Crippen molar-refractivity contribution in [3.05, 3.63) is 67.1 Å². The van der Waals surface area contributed by atoms with Crippen molar-refractivity contribution in [2.45, 2.75) is 0 Å². The van der Waals surface area contributed by atoms with Gasteiger partial charge in [0, 0.05) is 23.5 Å². The van der Waals surface area contributed by atoms with Crippen LogP contribution in [0.3, 0.4) is 0 Å². The van der Waals surface area contributed by atoms with E-state index >= 15 is 0 Å². The first-order chi connectivity index (χ1) is 9.40. The van der Waals surface area contributed by atoms with Gasteiger partial charge in [0.15, 0.2) is 0 Å². The standard InChI is InChI=1S/C16H11N3/c1-2-7-15-14(6-1)17-10-16(18-15)12-9-13-5-3-4-8-19(13)11-12/h1-11H. The predicted octanol–water partition coefficient (Wildman–Crippen LogP) is 3.55. The second kappa shape index (κ2) is 3.92. The summed E-state index contributed by atoms with van der Waals surface area (Å²) in [5.74, 6) is 0. The van der Waals surface area contributed by atoms with E-state index in [1.807, 2.05) is 48.8 Å². The molecule has 0 amide bonds. The van der Waals surface area contributed by atoms with Gasteiger partial charge in [-0.05, 0) is 30.3 Å². The second-order valence-corrected chi connectivity index (χ2v) is 4.51. The van der Waals surface area contributed by atoms with Crippen molar-refractivity contribution in [3.63, 3.8) is 0 Å². The van der Waals surface area contributed by atoms with Crippen LogP contribution in [0.4, 0.5) is 0 Å². The highest BCUT2D eigenvalue weighted by atomic mass is 14.9. The molecule has 0 saturated heterocycles. The van der Waals surface area contributed by atoms with Crippen LogP contribution in [0, 0.1) is 0 Å². The van der Waals surface area contributed by atoms with Crippen molar-refractivity contribution in [3.8, 4) is 11.3 Å². The number of aromatic nitrogens is 3. The van der Waals surface area contributed by atoms with Gasteiger partial charge in [0.25, 0.3) is 0 Å². The summed E-state index contributed by atoms with van der Waals surface area (Å²) >= 11 is 0. The molecule has 4 rings (SSSR count). The molecule has 3 heterocycles. The lowest BCUT2D eigenvalue weighted by molar-refractivity contribution is 1.20. The summed E-state index contributed by atoms with van der Waals surface area (Å²) in [6.07, 6.45) is 5.94. The molecule has 4 aromatic rings. The van der Waals surface area contributed by atoms with E-state index in [9.17, 15) is 0 Å². The molecule has 0 aliphatic heterocycles. The van der Waals surface area contributed by atoms with Gasteiger partial charge in [-0.15, -0.1) is 0 Å². The molecule has 1 aromatic carbocycles. The van der Waals surface area contributed by atoms with Crippen LogP contribution >= 0.6 is 0 Å². The average Bonchev–Trinajstić information content (AvgIpc) is 2.90. The van der Waals surface area contributed by atoms with Crippen molar-refractivity contribution in [1.29, 1.82) is 0 Å². The highest BCUT2D eigenvalue weighted by Crippen LogP contribution is 2.21. The quantitative estimate of drug-likeness (QED) is 0.513. The maximum absolute atomic E-state index is 4.66. The van der Waals surface area contributed by atoms with E-state index in [2.05, 4.69) is 32.7 Å². The van der Waals surface area contributed by atoms with E-state index in [0.29, 0.717) is 0 Å². The zero-order chi connectivity index (χ0) is 12.7. The van der Waals surface area contributed by atoms with Gasteiger partial charge in [0.2, 0.25) is 0 Å². The Labute approximate surface area is 110 Å². The van der Waals surface area contributed by atoms with Gasteiger partial charge in [0.05, 0.1) is 22.9 Å². The molecule has 0 aliphatic carbocycles. The molecular weight excluding hydrogens is 234 g/mol. The molecule has 0 aliphatic rings. The molecule has 0 spiro atoms. The van der Waals surface area contributed by atoms with Crippen LogP contribution in [-0.4, -0.2) is 14.4 Å². The molecule has 3 heteroatoms. The van der Waals surface area contributed by atoms with Crippen LogP contribution in [0.25, 0.3) is 27.8 Å². The van der Waals surface area contributed by atoms with Gasteiger partial charge in [-0.2, -0.15) is 0 Å². The summed E-state index contributed by atoms with van der Waals surface area (Å²) in [6, 6.07) is 16.2. The lowest BCUT2D eigenvalue weighted by atomic mass is 10.2. The van der Waals surface area contributed by atoms with Crippen LogP contribution in [0.1, 0.15) is 0 Å². The second-order valence-electron chi connectivity index (χ2n) is 4.51. The van der Waals surface area contributed by atoms with Crippen molar-refractivity contribution in [2.75, 3.05) is 0 Å². The van der Waals surface area contributed by atoms with Gasteiger partial charge in [0.1, 0.15) is 0 Å². The fourth-order valence-corrected chi connectivity index (χ4v) is 2.29. The van der Waals surface area contributed by atoms with Gasteiger partial charge in [-0.1, -0.05) is 18.2 Å². The molecular formula is C16H11N3. The van der Waals surface area contributed by atoms with Crippen molar-refractivity contribution < 1.29 is 0 Å². The van der Waals surface area contributed by atoms with Gasteiger partial charge in [-0.25, -0.2) is 4.98 Å². The normalized spacial score (nSPS) is 11.2. The Morgan fingerprint density at radius 2 is 1.74 bits per heavy atom. The number of para-hydroxylation sites is 2. The Balaban J connectivity index is 1.93. The van der Waals surface area contributed by atoms with Crippen molar-refractivity contribution in [1.82, 2.24) is 14.4 Å². The maximum atomic E-state index is 4.66. The molecule has 0 radical (unpaired) electrons. The van der Waals surface area contributed by atoms with E-state index in [1.165, 1.54) is 0 Å². The summed E-state index contributed by atoms with van der Waals surface area (Å²) in [7, 11) is 0. The zero-order valence-electron chi connectivity index (χ0n) is 10.2. The van der Waals surface area contributed by atoms with Crippen LogP contribution in [0.15, 0.2) is 67.1 Å². The molecule has 0 fully saturated rings. The van der Waals surface area contributed by atoms with E-state index in [0.717, 1.165) is 27.8 Å². The summed E-state index contributed by atoms with van der Waals surface area (Å²) in [6.45, 7) is 0. The van der Waals surface area contributed by atoms with Crippen LogP contribution in [-0.2, 0) is 0 Å². The molecule has 0 N–H and O–H groups in total. The van der Waals surface area contributed by atoms with E-state index in [1.54, 1.807) is 0 Å². The molecule has 0 bridgehead atoms. The topological polar surface area (TPSA) is 30.2 Å². The molecule has 0 unspecified atom stereocenters. The molecule has 19 heavy (non-hydrogen) atoms. The lowest BCUT2D eigenvalue weighted by Gasteiger charge is -1.99. The fourth-order valence-electron chi connectivity index (χ4n) is 2.29. The lowest BCUT2D eigenvalue weighted by Crippen LogP contribution is -1.86. The first-order valence-electron chi connectivity index (χ1n) is 6.19. The number of hydrogen-bond acceptors (Lipinski definition) is 2. The first-order valence-corrected chi connectivity index (χ1v) is 6.19. The van der Waals surface area contributed by atoms with Gasteiger partial charge < -0.3 is 4.40 Å². The molecule has 3 aromatic heterocycles. The minimum absolute atomic E-state index is 0.905. The fraction of sp³-hybridized carbons (Fsp3) is 0. The van der Waals surface area contributed by atoms with Crippen LogP contribution < -0.4 is 0 Å². The van der Waals surface area contributed by atoms with E-state index < -0.39 is 0 Å². The van der Waals surface area contributed by atoms with Crippen LogP contribution in [0.5, 0.6) is 0 Å². The molecule has 90 valence electrons. The zero-order valence-corrected chi connectivity index (χ0v) is 10.2. The highest BCUT2D eigenvalue weighted by Gasteiger charge is 2.05. The Morgan fingerprint density at radius 3 is 2.63 bits per heavy atom. The van der Waals surface area contributed by atoms with Crippen molar-refractivity contribution >= 4 is 16.6 Å². The number of nitrogens with zero attached hydrogens (tertiary/aromatic N) is 3. The average molecular weight is 245 g/mol. The van der Waals surface area contributed by atoms with Gasteiger partial charge in [-0.3, -0.25) is 4.98 Å². The minimum Gasteiger partial charge on any atom is -0.323 e. The Hall–Kier alpha value is -2.68. The monoisotopic (exact) mass is 245 g/mol. The number of hydrogen-bond donors (Lipinski definition) is 0. The summed E-state index contributed by atoms with van der Waals surface area (Å²) < 4.78 is 2.09. The molecule has 3 nitrogen and oxygen atoms in total.